The van der Waals surface area contributed by atoms with Crippen molar-refractivity contribution in [2.45, 2.75) is 64.1 Å². The first-order valence-corrected chi connectivity index (χ1v) is 11.8. The second-order valence-electron chi connectivity index (χ2n) is 9.46. The zero-order chi connectivity index (χ0) is 26.8. The number of halogens is 5. The van der Waals surface area contributed by atoms with E-state index in [1.54, 1.807) is 27.7 Å². The van der Waals surface area contributed by atoms with Gasteiger partial charge in [-0.1, -0.05) is 23.2 Å². The van der Waals surface area contributed by atoms with Crippen LogP contribution in [0, 0.1) is 5.82 Å². The van der Waals surface area contributed by atoms with Crippen LogP contribution < -0.4 is 15.4 Å². The van der Waals surface area contributed by atoms with E-state index in [0.29, 0.717) is 12.8 Å². The average molecular weight is 548 g/mol. The van der Waals surface area contributed by atoms with Gasteiger partial charge in [0.25, 0.3) is 6.43 Å². The Morgan fingerprint density at radius 1 is 1.19 bits per heavy atom. The van der Waals surface area contributed by atoms with Crippen molar-refractivity contribution in [3.8, 4) is 16.9 Å². The van der Waals surface area contributed by atoms with Crippen LogP contribution in [0.2, 0.25) is 10.0 Å². The summed E-state index contributed by atoms with van der Waals surface area (Å²) < 4.78 is 50.7. The molecule has 1 aliphatic rings. The number of alkyl halides is 2. The molecule has 0 saturated heterocycles. The maximum atomic E-state index is 15.1. The van der Waals surface area contributed by atoms with Crippen LogP contribution >= 0.6 is 23.2 Å². The summed E-state index contributed by atoms with van der Waals surface area (Å²) in [7, 11) is 0. The largest absolute Gasteiger partial charge is 0.485 e. The van der Waals surface area contributed by atoms with Gasteiger partial charge in [-0.2, -0.15) is 0 Å². The average Bonchev–Trinajstić information content (AvgIpc) is 3.51. The molecule has 1 heterocycles. The molecule has 0 spiro atoms. The van der Waals surface area contributed by atoms with Crippen molar-refractivity contribution in [2.24, 2.45) is 0 Å². The van der Waals surface area contributed by atoms with E-state index in [1.807, 2.05) is 0 Å². The fourth-order valence-corrected chi connectivity index (χ4v) is 3.97. The molecule has 7 nitrogen and oxygen atoms in total. The normalized spacial score (nSPS) is 15.3. The maximum Gasteiger partial charge on any atom is 0.408 e. The van der Waals surface area contributed by atoms with Gasteiger partial charge in [0, 0.05) is 22.3 Å². The van der Waals surface area contributed by atoms with E-state index in [1.165, 1.54) is 18.3 Å². The molecular formula is C24H26Cl2F3N3O4. The number of ether oxygens (including phenoxy) is 2. The van der Waals surface area contributed by atoms with Crippen molar-refractivity contribution in [2.75, 3.05) is 6.61 Å². The van der Waals surface area contributed by atoms with Crippen LogP contribution in [0.3, 0.4) is 0 Å². The van der Waals surface area contributed by atoms with Gasteiger partial charge in [0.2, 0.25) is 5.91 Å². The summed E-state index contributed by atoms with van der Waals surface area (Å²) in [6.45, 7) is 5.75. The SMILES string of the molecule is C[C@@H](NC(=O)C1(NC(=O)OC(C)(C)C)CC1)c1ncc(-c2cc(Cl)cc(Cl)c2OCC(F)F)cc1F. The number of rotatable bonds is 8. The van der Waals surface area contributed by atoms with Gasteiger partial charge in [-0.15, -0.1) is 0 Å². The third-order valence-corrected chi connectivity index (χ3v) is 5.72. The van der Waals surface area contributed by atoms with Crippen molar-refractivity contribution in [3.05, 3.63) is 46.0 Å². The molecule has 0 aliphatic heterocycles. The van der Waals surface area contributed by atoms with Crippen LogP contribution in [0.15, 0.2) is 24.4 Å². The first kappa shape index (κ1) is 27.9. The molecular weight excluding hydrogens is 522 g/mol. The minimum Gasteiger partial charge on any atom is -0.485 e. The van der Waals surface area contributed by atoms with E-state index in [9.17, 15) is 18.4 Å². The molecule has 1 fully saturated rings. The van der Waals surface area contributed by atoms with Crippen LogP contribution in [0.5, 0.6) is 5.75 Å². The Balaban J connectivity index is 1.77. The quantitative estimate of drug-likeness (QED) is 0.418. The van der Waals surface area contributed by atoms with Crippen molar-refractivity contribution in [3.63, 3.8) is 0 Å². The lowest BCUT2D eigenvalue weighted by atomic mass is 10.0. The fourth-order valence-electron chi connectivity index (χ4n) is 3.42. The van der Waals surface area contributed by atoms with Gasteiger partial charge in [0.05, 0.1) is 16.8 Å². The van der Waals surface area contributed by atoms with E-state index in [4.69, 9.17) is 32.7 Å². The highest BCUT2D eigenvalue weighted by Crippen LogP contribution is 2.40. The van der Waals surface area contributed by atoms with E-state index >= 15 is 4.39 Å². The minimum atomic E-state index is -2.74. The predicted octanol–water partition coefficient (Wildman–Crippen LogP) is 6.07. The number of carbonyl (C=O) groups excluding carboxylic acids is 2. The van der Waals surface area contributed by atoms with Gasteiger partial charge in [-0.3, -0.25) is 9.78 Å². The molecule has 196 valence electrons. The Morgan fingerprint density at radius 3 is 2.42 bits per heavy atom. The molecule has 0 bridgehead atoms. The highest BCUT2D eigenvalue weighted by molar-refractivity contribution is 6.36. The Hall–Kier alpha value is -2.72. The fraction of sp³-hybridized carbons (Fsp3) is 0.458. The first-order valence-electron chi connectivity index (χ1n) is 11.1. The van der Waals surface area contributed by atoms with Crippen molar-refractivity contribution in [1.29, 1.82) is 0 Å². The molecule has 2 aromatic rings. The highest BCUT2D eigenvalue weighted by Gasteiger charge is 2.52. The number of hydrogen-bond donors (Lipinski definition) is 2. The van der Waals surface area contributed by atoms with E-state index in [-0.39, 0.29) is 32.6 Å². The number of alkyl carbamates (subject to hydrolysis) is 1. The summed E-state index contributed by atoms with van der Waals surface area (Å²) in [5.74, 6) is -1.34. The Labute approximate surface area is 216 Å². The molecule has 3 rings (SSSR count). The molecule has 1 atom stereocenters. The Bertz CT molecular complexity index is 1150. The molecule has 2 amide bonds. The monoisotopic (exact) mass is 547 g/mol. The van der Waals surface area contributed by atoms with E-state index in [2.05, 4.69) is 15.6 Å². The molecule has 0 radical (unpaired) electrons. The smallest absolute Gasteiger partial charge is 0.408 e. The number of aromatic nitrogens is 1. The number of pyridine rings is 1. The highest BCUT2D eigenvalue weighted by atomic mass is 35.5. The molecule has 1 aromatic carbocycles. The zero-order valence-electron chi connectivity index (χ0n) is 20.1. The molecule has 1 aliphatic carbocycles. The topological polar surface area (TPSA) is 89.6 Å². The predicted molar refractivity (Wildman–Crippen MR) is 129 cm³/mol. The molecule has 12 heteroatoms. The number of carbonyl (C=O) groups is 2. The lowest BCUT2D eigenvalue weighted by Gasteiger charge is -2.24. The zero-order valence-corrected chi connectivity index (χ0v) is 21.6. The van der Waals surface area contributed by atoms with Crippen molar-refractivity contribution < 1.29 is 32.2 Å². The summed E-state index contributed by atoms with van der Waals surface area (Å²) >= 11 is 12.2. The Kier molecular flexibility index (Phi) is 8.30. The van der Waals surface area contributed by atoms with Crippen molar-refractivity contribution >= 4 is 35.2 Å². The van der Waals surface area contributed by atoms with E-state index < -0.39 is 48.0 Å². The van der Waals surface area contributed by atoms with Crippen LogP contribution in [-0.4, -0.2) is 41.2 Å². The number of amides is 2. The third-order valence-electron chi connectivity index (χ3n) is 5.23. The summed E-state index contributed by atoms with van der Waals surface area (Å²) in [5.41, 5.74) is -1.55. The number of nitrogens with one attached hydrogen (secondary N) is 2. The minimum absolute atomic E-state index is 0.0181. The Morgan fingerprint density at radius 2 is 1.86 bits per heavy atom. The summed E-state index contributed by atoms with van der Waals surface area (Å²) in [6.07, 6.45) is -1.34. The third kappa shape index (κ3) is 6.94. The van der Waals surface area contributed by atoms with Crippen LogP contribution in [0.1, 0.15) is 52.3 Å². The van der Waals surface area contributed by atoms with Gasteiger partial charge in [-0.25, -0.2) is 18.0 Å². The van der Waals surface area contributed by atoms with Crippen LogP contribution in [0.4, 0.5) is 18.0 Å². The lowest BCUT2D eigenvalue weighted by Crippen LogP contribution is -2.50. The van der Waals surface area contributed by atoms with Crippen molar-refractivity contribution in [1.82, 2.24) is 15.6 Å². The number of benzene rings is 1. The van der Waals surface area contributed by atoms with Gasteiger partial charge in [-0.05, 0) is 58.7 Å². The summed E-state index contributed by atoms with van der Waals surface area (Å²) in [4.78, 5) is 29.0. The van der Waals surface area contributed by atoms with Gasteiger partial charge in [0.1, 0.15) is 29.3 Å². The van der Waals surface area contributed by atoms with Gasteiger partial charge < -0.3 is 20.1 Å². The second-order valence-corrected chi connectivity index (χ2v) is 10.3. The van der Waals surface area contributed by atoms with E-state index in [0.717, 1.165) is 6.07 Å². The molecule has 2 N–H and O–H groups in total. The number of nitrogens with zero attached hydrogens (tertiary/aromatic N) is 1. The van der Waals surface area contributed by atoms with Gasteiger partial charge in [0.15, 0.2) is 0 Å². The van der Waals surface area contributed by atoms with Crippen LogP contribution in [-0.2, 0) is 9.53 Å². The standard InChI is InChI=1S/C24H26Cl2F3N3O4/c1-12(31-21(33)24(5-6-24)32-22(34)36-23(2,3)4)19-17(27)7-13(10-30-19)15-8-14(25)9-16(26)20(15)35-11-18(28)29/h7-10,12,18H,5-6,11H2,1-4H3,(H,31,33)(H,32,34)/t12-/m1/s1. The number of hydrogen-bond acceptors (Lipinski definition) is 5. The lowest BCUT2D eigenvalue weighted by molar-refractivity contribution is -0.124. The molecule has 1 saturated carbocycles. The maximum absolute atomic E-state index is 15.1. The molecule has 1 aromatic heterocycles. The molecule has 0 unspecified atom stereocenters. The first-order chi connectivity index (χ1) is 16.7. The van der Waals surface area contributed by atoms with Gasteiger partial charge >= 0.3 is 6.09 Å². The van der Waals surface area contributed by atoms with Crippen LogP contribution in [0.25, 0.3) is 11.1 Å². The summed E-state index contributed by atoms with van der Waals surface area (Å²) in [6, 6.07) is 2.99. The molecule has 36 heavy (non-hydrogen) atoms. The summed E-state index contributed by atoms with van der Waals surface area (Å²) in [5, 5.41) is 5.42. The second kappa shape index (κ2) is 10.7.